The van der Waals surface area contributed by atoms with Crippen LogP contribution in [0.15, 0.2) is 36.4 Å². The maximum Gasteiger partial charge on any atom is 0.257 e. The number of nitrogens with two attached hydrogens (primary N) is 1. The number of nitrogens with zero attached hydrogens (tertiary/aromatic N) is 1. The summed E-state index contributed by atoms with van der Waals surface area (Å²) < 4.78 is 13.1. The summed E-state index contributed by atoms with van der Waals surface area (Å²) in [5.74, 6) is 4.40. The predicted octanol–water partition coefficient (Wildman–Crippen LogP) is 2.54. The van der Waals surface area contributed by atoms with Gasteiger partial charge in [0, 0.05) is 0 Å². The zero-order valence-corrected chi connectivity index (χ0v) is 11.3. The lowest BCUT2D eigenvalue weighted by atomic mass is 10.1. The van der Waals surface area contributed by atoms with Crippen LogP contribution in [0.1, 0.15) is 21.5 Å². The van der Waals surface area contributed by atoms with Gasteiger partial charge in [0.2, 0.25) is 0 Å². The number of nitrogen functional groups attached to an aromatic ring is 1. The molecular formula is C15H13FN4O. The van der Waals surface area contributed by atoms with Gasteiger partial charge in [0.1, 0.15) is 11.9 Å². The van der Waals surface area contributed by atoms with E-state index in [1.807, 2.05) is 19.1 Å². The molecular weight excluding hydrogens is 271 g/mol. The van der Waals surface area contributed by atoms with Gasteiger partial charge in [-0.2, -0.15) is 5.26 Å². The van der Waals surface area contributed by atoms with E-state index in [1.54, 1.807) is 12.1 Å². The zero-order chi connectivity index (χ0) is 15.4. The molecule has 1 amide bonds. The lowest BCUT2D eigenvalue weighted by Crippen LogP contribution is -2.18. The molecule has 4 N–H and O–H groups in total. The average molecular weight is 284 g/mol. The molecule has 0 radical (unpaired) electrons. The molecule has 0 aliphatic rings. The molecule has 0 atom stereocenters. The number of rotatable bonds is 3. The summed E-state index contributed by atoms with van der Waals surface area (Å²) in [4.78, 5) is 12.3. The fourth-order valence-electron chi connectivity index (χ4n) is 1.88. The van der Waals surface area contributed by atoms with E-state index < -0.39 is 11.7 Å². The smallest absolute Gasteiger partial charge is 0.257 e. The molecule has 106 valence electrons. The van der Waals surface area contributed by atoms with E-state index in [0.717, 1.165) is 11.6 Å². The quantitative estimate of drug-likeness (QED) is 0.596. The number of benzene rings is 2. The Morgan fingerprint density at radius 2 is 1.95 bits per heavy atom. The number of nitriles is 1. The minimum absolute atomic E-state index is 0.0539. The lowest BCUT2D eigenvalue weighted by molar-refractivity contribution is 0.102. The molecule has 0 heterocycles. The number of amides is 1. The highest BCUT2D eigenvalue weighted by molar-refractivity contribution is 6.08. The average Bonchev–Trinajstić information content (AvgIpc) is 2.48. The Morgan fingerprint density at radius 1 is 1.24 bits per heavy atom. The van der Waals surface area contributed by atoms with Crippen molar-refractivity contribution in [2.75, 3.05) is 10.7 Å². The van der Waals surface area contributed by atoms with Gasteiger partial charge >= 0.3 is 0 Å². The van der Waals surface area contributed by atoms with Crippen molar-refractivity contribution < 1.29 is 9.18 Å². The van der Waals surface area contributed by atoms with Gasteiger partial charge in [0.05, 0.1) is 22.5 Å². The first-order valence-corrected chi connectivity index (χ1v) is 6.13. The first kappa shape index (κ1) is 14.5. The number of hydrazine groups is 1. The molecule has 0 saturated heterocycles. The van der Waals surface area contributed by atoms with Crippen LogP contribution in [0.25, 0.3) is 0 Å². The van der Waals surface area contributed by atoms with Gasteiger partial charge in [-0.1, -0.05) is 11.6 Å². The van der Waals surface area contributed by atoms with E-state index in [1.165, 1.54) is 12.1 Å². The fraction of sp³-hybridized carbons (Fsp3) is 0.0667. The van der Waals surface area contributed by atoms with Crippen LogP contribution in [-0.2, 0) is 0 Å². The standard InChI is InChI=1S/C15H13FN4O/c1-9-2-4-14(20-18)12(6-9)15(21)19-13-5-3-11(16)7-10(13)8-17/h2-7,20H,18H2,1H3,(H,19,21). The normalized spacial score (nSPS) is 9.81. The monoisotopic (exact) mass is 284 g/mol. The molecule has 0 saturated carbocycles. The van der Waals surface area contributed by atoms with Crippen LogP contribution in [0.3, 0.4) is 0 Å². The number of anilines is 2. The van der Waals surface area contributed by atoms with E-state index in [4.69, 9.17) is 11.1 Å². The van der Waals surface area contributed by atoms with Crippen molar-refractivity contribution in [1.29, 1.82) is 5.26 Å². The van der Waals surface area contributed by atoms with Gasteiger partial charge in [-0.05, 0) is 37.3 Å². The molecule has 0 aliphatic heterocycles. The van der Waals surface area contributed by atoms with Crippen LogP contribution in [0, 0.1) is 24.1 Å². The minimum Gasteiger partial charge on any atom is -0.323 e. The summed E-state index contributed by atoms with van der Waals surface area (Å²) in [5.41, 5.74) is 4.42. The third-order valence-electron chi connectivity index (χ3n) is 2.93. The van der Waals surface area contributed by atoms with Crippen molar-refractivity contribution >= 4 is 17.3 Å². The molecule has 21 heavy (non-hydrogen) atoms. The molecule has 6 heteroatoms. The van der Waals surface area contributed by atoms with Crippen LogP contribution in [0.2, 0.25) is 0 Å². The van der Waals surface area contributed by atoms with Crippen molar-refractivity contribution in [3.8, 4) is 6.07 Å². The van der Waals surface area contributed by atoms with E-state index in [0.29, 0.717) is 11.3 Å². The van der Waals surface area contributed by atoms with Crippen LogP contribution < -0.4 is 16.6 Å². The first-order valence-electron chi connectivity index (χ1n) is 6.13. The maximum atomic E-state index is 13.1. The van der Waals surface area contributed by atoms with Crippen molar-refractivity contribution in [1.82, 2.24) is 0 Å². The van der Waals surface area contributed by atoms with Crippen LogP contribution in [0.4, 0.5) is 15.8 Å². The molecule has 0 aliphatic carbocycles. The summed E-state index contributed by atoms with van der Waals surface area (Å²) in [6.45, 7) is 1.84. The molecule has 2 rings (SSSR count). The van der Waals surface area contributed by atoms with E-state index in [-0.39, 0.29) is 11.3 Å². The van der Waals surface area contributed by atoms with Gasteiger partial charge in [-0.15, -0.1) is 0 Å². The van der Waals surface area contributed by atoms with Crippen molar-refractivity contribution in [3.63, 3.8) is 0 Å². The van der Waals surface area contributed by atoms with E-state index in [2.05, 4.69) is 10.7 Å². The molecule has 0 spiro atoms. The summed E-state index contributed by atoms with van der Waals surface area (Å²) >= 11 is 0. The summed E-state index contributed by atoms with van der Waals surface area (Å²) in [7, 11) is 0. The summed E-state index contributed by atoms with van der Waals surface area (Å²) in [6, 6.07) is 10.6. The number of hydrogen-bond acceptors (Lipinski definition) is 4. The third-order valence-corrected chi connectivity index (χ3v) is 2.93. The number of halogens is 1. The Hall–Kier alpha value is -2.91. The zero-order valence-electron chi connectivity index (χ0n) is 11.3. The van der Waals surface area contributed by atoms with Gasteiger partial charge in [0.25, 0.3) is 5.91 Å². The Bertz CT molecular complexity index is 737. The number of carbonyl (C=O) groups excluding carboxylic acids is 1. The highest BCUT2D eigenvalue weighted by Gasteiger charge is 2.13. The second kappa shape index (κ2) is 6.03. The summed E-state index contributed by atoms with van der Waals surface area (Å²) in [5, 5.41) is 11.6. The van der Waals surface area contributed by atoms with Crippen LogP contribution in [0.5, 0.6) is 0 Å². The highest BCUT2D eigenvalue weighted by Crippen LogP contribution is 2.21. The summed E-state index contributed by atoms with van der Waals surface area (Å²) in [6.07, 6.45) is 0. The topological polar surface area (TPSA) is 90.9 Å². The van der Waals surface area contributed by atoms with E-state index >= 15 is 0 Å². The third kappa shape index (κ3) is 3.16. The molecule has 0 unspecified atom stereocenters. The number of carbonyl (C=O) groups is 1. The number of nitrogens with one attached hydrogen (secondary N) is 2. The molecule has 0 fully saturated rings. The van der Waals surface area contributed by atoms with E-state index in [9.17, 15) is 9.18 Å². The Morgan fingerprint density at radius 3 is 2.62 bits per heavy atom. The minimum atomic E-state index is -0.538. The van der Waals surface area contributed by atoms with Crippen molar-refractivity contribution in [2.45, 2.75) is 6.92 Å². The SMILES string of the molecule is Cc1ccc(NN)c(C(=O)Nc2ccc(F)cc2C#N)c1. The van der Waals surface area contributed by atoms with Crippen LogP contribution >= 0.6 is 0 Å². The molecule has 0 bridgehead atoms. The molecule has 2 aromatic rings. The van der Waals surface area contributed by atoms with Gasteiger partial charge in [0.15, 0.2) is 0 Å². The number of aryl methyl sites for hydroxylation is 1. The van der Waals surface area contributed by atoms with Crippen molar-refractivity contribution in [2.24, 2.45) is 5.84 Å². The lowest BCUT2D eigenvalue weighted by Gasteiger charge is -2.11. The largest absolute Gasteiger partial charge is 0.323 e. The number of hydrogen-bond donors (Lipinski definition) is 3. The predicted molar refractivity (Wildman–Crippen MR) is 78.1 cm³/mol. The maximum absolute atomic E-state index is 13.1. The molecule has 2 aromatic carbocycles. The second-order valence-corrected chi connectivity index (χ2v) is 4.45. The first-order chi connectivity index (χ1) is 10.0. The molecule has 5 nitrogen and oxygen atoms in total. The Labute approximate surface area is 121 Å². The van der Waals surface area contributed by atoms with Crippen LogP contribution in [-0.4, -0.2) is 5.91 Å². The molecule has 0 aromatic heterocycles. The second-order valence-electron chi connectivity index (χ2n) is 4.45. The van der Waals surface area contributed by atoms with Gasteiger partial charge in [-0.3, -0.25) is 10.6 Å². The van der Waals surface area contributed by atoms with Crippen molar-refractivity contribution in [3.05, 3.63) is 58.9 Å². The Kier molecular flexibility index (Phi) is 4.16. The fourth-order valence-corrected chi connectivity index (χ4v) is 1.88. The Balaban J connectivity index is 2.35. The van der Waals surface area contributed by atoms with Gasteiger partial charge < -0.3 is 10.7 Å². The highest BCUT2D eigenvalue weighted by atomic mass is 19.1. The van der Waals surface area contributed by atoms with Gasteiger partial charge in [-0.25, -0.2) is 4.39 Å².